The van der Waals surface area contributed by atoms with Crippen molar-refractivity contribution in [1.82, 2.24) is 5.06 Å². The Morgan fingerprint density at radius 2 is 2.44 bits per heavy atom. The van der Waals surface area contributed by atoms with Gasteiger partial charge in [-0.15, -0.1) is 0 Å². The summed E-state index contributed by atoms with van der Waals surface area (Å²) in [4.78, 5) is 3.58. The Morgan fingerprint density at radius 1 is 1.89 bits per heavy atom. The topological polar surface area (TPSA) is 45.1 Å². The SMILES string of the molecule is C=CN=C(OC)N(C)O. The van der Waals surface area contributed by atoms with E-state index in [0.717, 1.165) is 5.06 Å². The van der Waals surface area contributed by atoms with Gasteiger partial charge < -0.3 is 4.74 Å². The number of aliphatic imine (C=N–C) groups is 1. The van der Waals surface area contributed by atoms with E-state index < -0.39 is 0 Å². The van der Waals surface area contributed by atoms with Crippen molar-refractivity contribution in [3.05, 3.63) is 12.8 Å². The average Bonchev–Trinajstić information content (AvgIpc) is 1.82. The number of amidine groups is 1. The first-order chi connectivity index (χ1) is 4.22. The lowest BCUT2D eigenvalue weighted by Crippen LogP contribution is -2.23. The molecule has 0 heterocycles. The van der Waals surface area contributed by atoms with E-state index in [-0.39, 0.29) is 6.02 Å². The number of methoxy groups -OCH3 is 1. The zero-order chi connectivity index (χ0) is 7.28. The van der Waals surface area contributed by atoms with Gasteiger partial charge in [0.15, 0.2) is 0 Å². The van der Waals surface area contributed by atoms with E-state index in [1.54, 1.807) is 0 Å². The van der Waals surface area contributed by atoms with Crippen LogP contribution in [0.3, 0.4) is 0 Å². The number of nitrogens with zero attached hydrogens (tertiary/aromatic N) is 2. The highest BCUT2D eigenvalue weighted by atomic mass is 16.6. The van der Waals surface area contributed by atoms with Crippen LogP contribution in [-0.2, 0) is 4.74 Å². The third-order valence-electron chi connectivity index (χ3n) is 0.661. The molecule has 0 aliphatic heterocycles. The van der Waals surface area contributed by atoms with Crippen molar-refractivity contribution >= 4 is 6.02 Å². The Morgan fingerprint density at radius 3 is 2.56 bits per heavy atom. The zero-order valence-electron chi connectivity index (χ0n) is 5.53. The normalized spacial score (nSPS) is 10.8. The Labute approximate surface area is 54.0 Å². The quantitative estimate of drug-likeness (QED) is 0.318. The van der Waals surface area contributed by atoms with Crippen LogP contribution < -0.4 is 0 Å². The summed E-state index contributed by atoms with van der Waals surface area (Å²) >= 11 is 0. The van der Waals surface area contributed by atoms with Crippen molar-refractivity contribution in [3.63, 3.8) is 0 Å². The van der Waals surface area contributed by atoms with Gasteiger partial charge in [0.1, 0.15) is 0 Å². The fraction of sp³-hybridized carbons (Fsp3) is 0.400. The van der Waals surface area contributed by atoms with E-state index in [1.807, 2.05) is 0 Å². The highest BCUT2D eigenvalue weighted by molar-refractivity contribution is 5.72. The van der Waals surface area contributed by atoms with Crippen LogP contribution in [0.15, 0.2) is 17.8 Å². The minimum absolute atomic E-state index is 0.116. The second-order valence-corrected chi connectivity index (χ2v) is 1.32. The van der Waals surface area contributed by atoms with Gasteiger partial charge in [0.2, 0.25) is 0 Å². The molecule has 0 aliphatic rings. The standard InChI is InChI=1S/C5H10N2O2/c1-4-6-5(9-3)7(2)8/h4,8H,1H2,2-3H3. The molecule has 52 valence electrons. The fourth-order valence-electron chi connectivity index (χ4n) is 0.346. The van der Waals surface area contributed by atoms with Gasteiger partial charge in [-0.05, 0) is 0 Å². The van der Waals surface area contributed by atoms with Crippen LogP contribution in [0.25, 0.3) is 0 Å². The summed E-state index contributed by atoms with van der Waals surface area (Å²) in [5.41, 5.74) is 0. The van der Waals surface area contributed by atoms with Gasteiger partial charge in [0.25, 0.3) is 0 Å². The molecule has 0 rings (SSSR count). The number of hydroxylamine groups is 2. The molecule has 0 aromatic rings. The molecule has 0 radical (unpaired) electrons. The second kappa shape index (κ2) is 3.91. The molecule has 0 unspecified atom stereocenters. The molecule has 1 N–H and O–H groups in total. The first-order valence-electron chi connectivity index (χ1n) is 2.37. The van der Waals surface area contributed by atoms with Gasteiger partial charge in [0, 0.05) is 13.2 Å². The molecule has 0 fully saturated rings. The van der Waals surface area contributed by atoms with Gasteiger partial charge in [-0.25, -0.2) is 10.1 Å². The molecule has 0 atom stereocenters. The maximum absolute atomic E-state index is 8.67. The lowest BCUT2D eigenvalue weighted by molar-refractivity contribution is -0.0111. The van der Waals surface area contributed by atoms with Crippen molar-refractivity contribution < 1.29 is 9.94 Å². The van der Waals surface area contributed by atoms with E-state index >= 15 is 0 Å². The van der Waals surface area contributed by atoms with Crippen molar-refractivity contribution in [2.24, 2.45) is 4.99 Å². The van der Waals surface area contributed by atoms with E-state index in [4.69, 9.17) is 5.21 Å². The van der Waals surface area contributed by atoms with Crippen molar-refractivity contribution in [3.8, 4) is 0 Å². The van der Waals surface area contributed by atoms with Crippen LogP contribution >= 0.6 is 0 Å². The summed E-state index contributed by atoms with van der Waals surface area (Å²) in [6, 6.07) is 0.116. The van der Waals surface area contributed by atoms with Crippen LogP contribution in [0, 0.1) is 0 Å². The van der Waals surface area contributed by atoms with Crippen LogP contribution in [0.1, 0.15) is 0 Å². The average molecular weight is 130 g/mol. The molecule has 0 aliphatic carbocycles. The third kappa shape index (κ3) is 2.71. The van der Waals surface area contributed by atoms with Gasteiger partial charge in [0.05, 0.1) is 7.11 Å². The smallest absolute Gasteiger partial charge is 0.315 e. The first kappa shape index (κ1) is 7.97. The zero-order valence-corrected chi connectivity index (χ0v) is 5.53. The van der Waals surface area contributed by atoms with Gasteiger partial charge in [-0.3, -0.25) is 5.21 Å². The molecule has 0 amide bonds. The largest absolute Gasteiger partial charge is 0.467 e. The molecule has 0 aromatic heterocycles. The number of hydrogen-bond acceptors (Lipinski definition) is 3. The summed E-state index contributed by atoms with van der Waals surface area (Å²) in [5.74, 6) is 0. The van der Waals surface area contributed by atoms with Crippen LogP contribution in [-0.4, -0.2) is 30.4 Å². The van der Waals surface area contributed by atoms with Gasteiger partial charge in [-0.1, -0.05) is 6.58 Å². The minimum atomic E-state index is 0.116. The summed E-state index contributed by atoms with van der Waals surface area (Å²) < 4.78 is 4.61. The Kier molecular flexibility index (Phi) is 3.46. The maximum atomic E-state index is 8.67. The van der Waals surface area contributed by atoms with Crippen LogP contribution in [0.4, 0.5) is 0 Å². The molecular formula is C5H10N2O2. The van der Waals surface area contributed by atoms with Crippen molar-refractivity contribution in [1.29, 1.82) is 0 Å². The van der Waals surface area contributed by atoms with Crippen molar-refractivity contribution in [2.45, 2.75) is 0 Å². The summed E-state index contributed by atoms with van der Waals surface area (Å²) in [6.07, 6.45) is 1.28. The van der Waals surface area contributed by atoms with Gasteiger partial charge in [-0.2, -0.15) is 0 Å². The summed E-state index contributed by atoms with van der Waals surface area (Å²) in [7, 11) is 2.82. The lowest BCUT2D eigenvalue weighted by atomic mass is 10.9. The van der Waals surface area contributed by atoms with Gasteiger partial charge >= 0.3 is 6.02 Å². The number of rotatable bonds is 1. The monoisotopic (exact) mass is 130 g/mol. The molecule has 0 saturated carbocycles. The molecule has 4 heteroatoms. The summed E-state index contributed by atoms with van der Waals surface area (Å²) in [6.45, 7) is 3.33. The predicted molar refractivity (Wildman–Crippen MR) is 34.2 cm³/mol. The summed E-state index contributed by atoms with van der Waals surface area (Å²) in [5, 5.41) is 9.44. The maximum Gasteiger partial charge on any atom is 0.315 e. The van der Waals surface area contributed by atoms with E-state index in [9.17, 15) is 0 Å². The fourth-order valence-corrected chi connectivity index (χ4v) is 0.346. The Hall–Kier alpha value is -1.03. The lowest BCUT2D eigenvalue weighted by Gasteiger charge is -2.09. The molecule has 0 saturated heterocycles. The van der Waals surface area contributed by atoms with Crippen LogP contribution in [0.2, 0.25) is 0 Å². The molecule has 0 bridgehead atoms. The van der Waals surface area contributed by atoms with E-state index in [2.05, 4.69) is 16.3 Å². The molecular weight excluding hydrogens is 120 g/mol. The molecule has 0 spiro atoms. The predicted octanol–water partition coefficient (Wildman–Crippen LogP) is 0.453. The van der Waals surface area contributed by atoms with E-state index in [0.29, 0.717) is 0 Å². The number of hydrogen-bond donors (Lipinski definition) is 1. The van der Waals surface area contributed by atoms with E-state index in [1.165, 1.54) is 20.4 Å². The number of ether oxygens (including phenoxy) is 1. The first-order valence-corrected chi connectivity index (χ1v) is 2.37. The Bertz CT molecular complexity index is 120. The molecule has 9 heavy (non-hydrogen) atoms. The second-order valence-electron chi connectivity index (χ2n) is 1.32. The Balaban J connectivity index is 3.96. The highest BCUT2D eigenvalue weighted by Crippen LogP contribution is 1.83. The highest BCUT2D eigenvalue weighted by Gasteiger charge is 1.98. The van der Waals surface area contributed by atoms with Crippen LogP contribution in [0.5, 0.6) is 0 Å². The van der Waals surface area contributed by atoms with Crippen molar-refractivity contribution in [2.75, 3.05) is 14.2 Å². The minimum Gasteiger partial charge on any atom is -0.467 e. The molecule has 0 aromatic carbocycles. The third-order valence-corrected chi connectivity index (χ3v) is 0.661. The molecule has 4 nitrogen and oxygen atoms in total.